The smallest absolute Gasteiger partial charge is 0.317 e. The third kappa shape index (κ3) is 3.18. The van der Waals surface area contributed by atoms with Crippen molar-refractivity contribution in [1.29, 1.82) is 0 Å². The van der Waals surface area contributed by atoms with Gasteiger partial charge < -0.3 is 15.1 Å². The molecule has 110 valence electrons. The Kier molecular flexibility index (Phi) is 4.42. The van der Waals surface area contributed by atoms with Crippen LogP contribution in [-0.4, -0.2) is 54.1 Å². The SMILES string of the molecule is CC(C)NC(=O)N1CCc2ncnc(N(C)C)c2CC1. The predicted octanol–water partition coefficient (Wildman–Crippen LogP) is 1.06. The Morgan fingerprint density at radius 1 is 1.30 bits per heavy atom. The molecule has 2 heterocycles. The first-order valence-corrected chi connectivity index (χ1v) is 7.04. The van der Waals surface area contributed by atoms with E-state index in [4.69, 9.17) is 0 Å². The van der Waals surface area contributed by atoms with Crippen molar-refractivity contribution >= 4 is 11.8 Å². The standard InChI is InChI=1S/C14H23N5O/c1-10(2)17-14(20)19-7-5-11-12(6-8-19)15-9-16-13(11)18(3)4/h9-10H,5-8H2,1-4H3,(H,17,20). The van der Waals surface area contributed by atoms with E-state index >= 15 is 0 Å². The number of urea groups is 1. The molecule has 1 aliphatic rings. The number of amides is 2. The quantitative estimate of drug-likeness (QED) is 0.878. The minimum atomic E-state index is 0.00664. The average molecular weight is 277 g/mol. The van der Waals surface area contributed by atoms with Crippen LogP contribution in [0, 0.1) is 0 Å². The lowest BCUT2D eigenvalue weighted by atomic mass is 10.1. The molecule has 0 atom stereocenters. The van der Waals surface area contributed by atoms with Crippen molar-refractivity contribution < 1.29 is 4.79 Å². The highest BCUT2D eigenvalue weighted by molar-refractivity contribution is 5.74. The van der Waals surface area contributed by atoms with Gasteiger partial charge in [-0.25, -0.2) is 14.8 Å². The molecule has 6 nitrogen and oxygen atoms in total. The molecule has 0 aliphatic carbocycles. The third-order valence-electron chi connectivity index (χ3n) is 3.39. The van der Waals surface area contributed by atoms with Gasteiger partial charge in [0.2, 0.25) is 0 Å². The Hall–Kier alpha value is -1.85. The summed E-state index contributed by atoms with van der Waals surface area (Å²) in [5.41, 5.74) is 2.22. The maximum absolute atomic E-state index is 12.1. The molecule has 2 amide bonds. The van der Waals surface area contributed by atoms with Gasteiger partial charge >= 0.3 is 6.03 Å². The number of hydrogen-bond donors (Lipinski definition) is 1. The number of carbonyl (C=O) groups excluding carboxylic acids is 1. The molecular weight excluding hydrogens is 254 g/mol. The summed E-state index contributed by atoms with van der Waals surface area (Å²) in [6, 6.07) is 0.164. The van der Waals surface area contributed by atoms with Crippen LogP contribution in [0.2, 0.25) is 0 Å². The second-order valence-corrected chi connectivity index (χ2v) is 5.61. The highest BCUT2D eigenvalue weighted by atomic mass is 16.2. The highest BCUT2D eigenvalue weighted by Crippen LogP contribution is 2.22. The van der Waals surface area contributed by atoms with Crippen LogP contribution in [0.3, 0.4) is 0 Å². The van der Waals surface area contributed by atoms with Crippen LogP contribution in [0.1, 0.15) is 25.1 Å². The summed E-state index contributed by atoms with van der Waals surface area (Å²) >= 11 is 0. The van der Waals surface area contributed by atoms with Gasteiger partial charge in [0.05, 0.1) is 5.69 Å². The van der Waals surface area contributed by atoms with Gasteiger partial charge in [-0.2, -0.15) is 0 Å². The van der Waals surface area contributed by atoms with Crippen molar-refractivity contribution in [2.45, 2.75) is 32.7 Å². The molecule has 1 aromatic rings. The number of carbonyl (C=O) groups is 1. The van der Waals surface area contributed by atoms with Gasteiger partial charge in [0.15, 0.2) is 0 Å². The maximum Gasteiger partial charge on any atom is 0.317 e. The van der Waals surface area contributed by atoms with Crippen molar-refractivity contribution in [3.05, 3.63) is 17.6 Å². The van der Waals surface area contributed by atoms with E-state index in [1.54, 1.807) is 6.33 Å². The number of rotatable bonds is 2. The first kappa shape index (κ1) is 14.6. The summed E-state index contributed by atoms with van der Waals surface area (Å²) in [7, 11) is 3.97. The van der Waals surface area contributed by atoms with E-state index in [2.05, 4.69) is 15.3 Å². The summed E-state index contributed by atoms with van der Waals surface area (Å²) in [5, 5.41) is 2.94. The maximum atomic E-state index is 12.1. The number of anilines is 1. The molecule has 0 saturated carbocycles. The van der Waals surface area contributed by atoms with Crippen molar-refractivity contribution in [3.8, 4) is 0 Å². The van der Waals surface area contributed by atoms with Gasteiger partial charge in [-0.1, -0.05) is 0 Å². The van der Waals surface area contributed by atoms with Crippen LogP contribution in [0.4, 0.5) is 10.6 Å². The molecule has 1 aromatic heterocycles. The molecule has 0 bridgehead atoms. The van der Waals surface area contributed by atoms with E-state index < -0.39 is 0 Å². The molecule has 0 aromatic carbocycles. The van der Waals surface area contributed by atoms with Crippen LogP contribution < -0.4 is 10.2 Å². The van der Waals surface area contributed by atoms with Crippen molar-refractivity contribution in [2.75, 3.05) is 32.1 Å². The van der Waals surface area contributed by atoms with E-state index in [0.29, 0.717) is 13.1 Å². The van der Waals surface area contributed by atoms with E-state index in [1.165, 1.54) is 0 Å². The Morgan fingerprint density at radius 3 is 2.65 bits per heavy atom. The largest absolute Gasteiger partial charge is 0.362 e. The fraction of sp³-hybridized carbons (Fsp3) is 0.643. The first-order valence-electron chi connectivity index (χ1n) is 7.04. The Balaban J connectivity index is 2.15. The van der Waals surface area contributed by atoms with Crippen LogP contribution in [0.25, 0.3) is 0 Å². The number of hydrogen-bond acceptors (Lipinski definition) is 4. The first-order chi connectivity index (χ1) is 9.49. The monoisotopic (exact) mass is 277 g/mol. The lowest BCUT2D eigenvalue weighted by molar-refractivity contribution is 0.197. The van der Waals surface area contributed by atoms with E-state index in [1.807, 2.05) is 37.7 Å². The molecule has 0 radical (unpaired) electrons. The predicted molar refractivity (Wildman–Crippen MR) is 79.0 cm³/mol. The lowest BCUT2D eigenvalue weighted by Crippen LogP contribution is -2.44. The molecule has 1 N–H and O–H groups in total. The van der Waals surface area contributed by atoms with Crippen molar-refractivity contribution in [3.63, 3.8) is 0 Å². The zero-order chi connectivity index (χ0) is 14.7. The summed E-state index contributed by atoms with van der Waals surface area (Å²) in [6.45, 7) is 5.36. The van der Waals surface area contributed by atoms with Crippen molar-refractivity contribution in [1.82, 2.24) is 20.2 Å². The fourth-order valence-electron chi connectivity index (χ4n) is 2.44. The average Bonchev–Trinajstić information content (AvgIpc) is 2.59. The summed E-state index contributed by atoms with van der Waals surface area (Å²) < 4.78 is 0. The number of nitrogens with zero attached hydrogens (tertiary/aromatic N) is 4. The minimum Gasteiger partial charge on any atom is -0.362 e. The van der Waals surface area contributed by atoms with Crippen LogP contribution in [0.5, 0.6) is 0 Å². The topological polar surface area (TPSA) is 61.4 Å². The summed E-state index contributed by atoms with van der Waals surface area (Å²) in [5.74, 6) is 0.959. The zero-order valence-electron chi connectivity index (χ0n) is 12.7. The van der Waals surface area contributed by atoms with Crippen molar-refractivity contribution in [2.24, 2.45) is 0 Å². The van der Waals surface area contributed by atoms with E-state index in [-0.39, 0.29) is 12.1 Å². The van der Waals surface area contributed by atoms with Crippen LogP contribution in [0.15, 0.2) is 6.33 Å². The van der Waals surface area contributed by atoms with Gasteiger partial charge in [0, 0.05) is 45.2 Å². The Labute approximate surface area is 120 Å². The minimum absolute atomic E-state index is 0.00664. The number of aromatic nitrogens is 2. The van der Waals surface area contributed by atoms with Gasteiger partial charge in [0.1, 0.15) is 12.1 Å². The van der Waals surface area contributed by atoms with Gasteiger partial charge in [0.25, 0.3) is 0 Å². The van der Waals surface area contributed by atoms with Gasteiger partial charge in [-0.15, -0.1) is 0 Å². The van der Waals surface area contributed by atoms with Crippen LogP contribution in [-0.2, 0) is 12.8 Å². The Morgan fingerprint density at radius 2 is 2.00 bits per heavy atom. The van der Waals surface area contributed by atoms with Gasteiger partial charge in [-0.05, 0) is 20.3 Å². The second kappa shape index (κ2) is 6.07. The Bertz CT molecular complexity index is 486. The molecule has 6 heteroatoms. The molecular formula is C14H23N5O. The summed E-state index contributed by atoms with van der Waals surface area (Å²) in [6.07, 6.45) is 3.19. The highest BCUT2D eigenvalue weighted by Gasteiger charge is 2.22. The lowest BCUT2D eigenvalue weighted by Gasteiger charge is -2.22. The number of nitrogens with one attached hydrogen (secondary N) is 1. The van der Waals surface area contributed by atoms with Gasteiger partial charge in [-0.3, -0.25) is 0 Å². The fourth-order valence-corrected chi connectivity index (χ4v) is 2.44. The zero-order valence-corrected chi connectivity index (χ0v) is 12.7. The molecule has 0 saturated heterocycles. The van der Waals surface area contributed by atoms with E-state index in [9.17, 15) is 4.79 Å². The summed E-state index contributed by atoms with van der Waals surface area (Å²) in [4.78, 5) is 24.7. The second-order valence-electron chi connectivity index (χ2n) is 5.61. The molecule has 0 unspecified atom stereocenters. The van der Waals surface area contributed by atoms with E-state index in [0.717, 1.165) is 29.9 Å². The molecule has 1 aliphatic heterocycles. The molecule has 20 heavy (non-hydrogen) atoms. The normalized spacial score (nSPS) is 14.8. The third-order valence-corrected chi connectivity index (χ3v) is 3.39. The molecule has 2 rings (SSSR count). The van der Waals surface area contributed by atoms with Crippen LogP contribution >= 0.6 is 0 Å². The molecule has 0 spiro atoms. The molecule has 0 fully saturated rings. The number of fused-ring (bicyclic) bond motifs is 1.